The minimum Gasteiger partial charge on any atom is -0.494 e. The second-order valence-corrected chi connectivity index (χ2v) is 4.08. The lowest BCUT2D eigenvalue weighted by molar-refractivity contribution is -0.385. The first-order chi connectivity index (χ1) is 10.1. The van der Waals surface area contributed by atoms with E-state index in [2.05, 4.69) is 0 Å². The molecule has 2 aromatic rings. The molecule has 0 heterocycles. The van der Waals surface area contributed by atoms with Crippen molar-refractivity contribution in [1.82, 2.24) is 0 Å². The van der Waals surface area contributed by atoms with Crippen molar-refractivity contribution >= 4 is 5.69 Å². The first kappa shape index (κ1) is 14.7. The first-order valence-electron chi connectivity index (χ1n) is 5.95. The molecule has 0 spiro atoms. The van der Waals surface area contributed by atoms with Crippen molar-refractivity contribution in [3.63, 3.8) is 0 Å². The van der Waals surface area contributed by atoms with Gasteiger partial charge in [-0.15, -0.1) is 0 Å². The van der Waals surface area contributed by atoms with Crippen LogP contribution in [-0.4, -0.2) is 17.1 Å². The van der Waals surface area contributed by atoms with Crippen LogP contribution in [0.1, 0.15) is 5.56 Å². The van der Waals surface area contributed by atoms with Crippen LogP contribution >= 0.6 is 0 Å². The Morgan fingerprint density at radius 1 is 1.24 bits per heavy atom. The minimum atomic E-state index is -0.855. The number of hydrogen-bond donors (Lipinski definition) is 1. The van der Waals surface area contributed by atoms with Crippen molar-refractivity contribution < 1.29 is 23.9 Å². The van der Waals surface area contributed by atoms with Gasteiger partial charge in [-0.2, -0.15) is 0 Å². The zero-order valence-electron chi connectivity index (χ0n) is 11.1. The molecule has 0 aliphatic heterocycles. The van der Waals surface area contributed by atoms with E-state index in [4.69, 9.17) is 9.47 Å². The summed E-state index contributed by atoms with van der Waals surface area (Å²) in [5.74, 6) is -0.944. The number of aliphatic hydroxyl groups is 1. The van der Waals surface area contributed by atoms with Crippen LogP contribution in [0.4, 0.5) is 10.1 Å². The number of nitrogens with zero attached hydrogens (tertiary/aromatic N) is 1. The van der Waals surface area contributed by atoms with Gasteiger partial charge in [-0.3, -0.25) is 10.1 Å². The molecule has 0 radical (unpaired) electrons. The molecular formula is C14H12FNO5. The maximum atomic E-state index is 13.6. The lowest BCUT2D eigenvalue weighted by Gasteiger charge is -2.11. The summed E-state index contributed by atoms with van der Waals surface area (Å²) in [5.41, 5.74) is -0.0730. The van der Waals surface area contributed by atoms with Crippen molar-refractivity contribution in [2.45, 2.75) is 6.61 Å². The summed E-state index contributed by atoms with van der Waals surface area (Å²) in [7, 11) is 1.25. The Labute approximate surface area is 119 Å². The van der Waals surface area contributed by atoms with Crippen LogP contribution in [-0.2, 0) is 6.61 Å². The molecule has 21 heavy (non-hydrogen) atoms. The van der Waals surface area contributed by atoms with E-state index in [-0.39, 0.29) is 23.9 Å². The third-order valence-corrected chi connectivity index (χ3v) is 2.79. The molecule has 2 rings (SSSR count). The molecule has 6 nitrogen and oxygen atoms in total. The van der Waals surface area contributed by atoms with E-state index in [0.717, 1.165) is 12.1 Å². The largest absolute Gasteiger partial charge is 0.494 e. The van der Waals surface area contributed by atoms with Gasteiger partial charge in [0.25, 0.3) is 0 Å². The van der Waals surface area contributed by atoms with Crippen LogP contribution in [0.2, 0.25) is 0 Å². The Morgan fingerprint density at radius 3 is 2.57 bits per heavy atom. The highest BCUT2D eigenvalue weighted by atomic mass is 19.1. The topological polar surface area (TPSA) is 81.8 Å². The van der Waals surface area contributed by atoms with E-state index in [1.54, 1.807) is 24.3 Å². The SMILES string of the molecule is COc1cc(Oc2ccccc2CO)c([N+](=O)[O-])cc1F. The van der Waals surface area contributed by atoms with E-state index < -0.39 is 16.4 Å². The van der Waals surface area contributed by atoms with Crippen molar-refractivity contribution in [3.8, 4) is 17.2 Å². The van der Waals surface area contributed by atoms with Gasteiger partial charge >= 0.3 is 5.69 Å². The molecule has 110 valence electrons. The van der Waals surface area contributed by atoms with Crippen molar-refractivity contribution in [3.05, 3.63) is 57.9 Å². The monoisotopic (exact) mass is 293 g/mol. The predicted octanol–water partition coefficient (Wildman–Crippen LogP) is 3.03. The van der Waals surface area contributed by atoms with Gasteiger partial charge in [0.15, 0.2) is 11.6 Å². The summed E-state index contributed by atoms with van der Waals surface area (Å²) >= 11 is 0. The maximum absolute atomic E-state index is 13.6. The van der Waals surface area contributed by atoms with Gasteiger partial charge in [-0.1, -0.05) is 18.2 Å². The van der Waals surface area contributed by atoms with Crippen molar-refractivity contribution in [1.29, 1.82) is 0 Å². The number of ether oxygens (including phenoxy) is 2. The molecule has 2 aromatic carbocycles. The predicted molar refractivity (Wildman–Crippen MR) is 72.0 cm³/mol. The van der Waals surface area contributed by atoms with Crippen LogP contribution in [0.25, 0.3) is 0 Å². The molecule has 1 N–H and O–H groups in total. The molecule has 7 heteroatoms. The zero-order valence-corrected chi connectivity index (χ0v) is 11.1. The Balaban J connectivity index is 2.49. The molecule has 0 bridgehead atoms. The lowest BCUT2D eigenvalue weighted by atomic mass is 10.2. The Bertz CT molecular complexity index is 674. The fraction of sp³-hybridized carbons (Fsp3) is 0.143. The number of rotatable bonds is 5. The number of methoxy groups -OCH3 is 1. The standard InChI is InChI=1S/C14H12FNO5/c1-20-13-7-14(11(16(18)19)6-10(13)15)21-12-5-3-2-4-9(12)8-17/h2-7,17H,8H2,1H3. The highest BCUT2D eigenvalue weighted by Crippen LogP contribution is 2.37. The highest BCUT2D eigenvalue weighted by molar-refractivity contribution is 5.53. The quantitative estimate of drug-likeness (QED) is 0.677. The summed E-state index contributed by atoms with van der Waals surface area (Å²) < 4.78 is 23.8. The van der Waals surface area contributed by atoms with Gasteiger partial charge in [0.2, 0.25) is 5.75 Å². The Kier molecular flexibility index (Phi) is 4.34. The molecule has 0 saturated carbocycles. The minimum absolute atomic E-state index is 0.167. The highest BCUT2D eigenvalue weighted by Gasteiger charge is 2.21. The van der Waals surface area contributed by atoms with Gasteiger partial charge in [0, 0.05) is 11.6 Å². The first-order valence-corrected chi connectivity index (χ1v) is 5.95. The molecule has 0 amide bonds. The molecule has 0 aliphatic rings. The number of nitro benzene ring substituents is 1. The van der Waals surface area contributed by atoms with Gasteiger partial charge < -0.3 is 14.6 Å². The molecule has 0 aromatic heterocycles. The third-order valence-electron chi connectivity index (χ3n) is 2.79. The van der Waals surface area contributed by atoms with E-state index in [9.17, 15) is 19.6 Å². The van der Waals surface area contributed by atoms with E-state index >= 15 is 0 Å². The second-order valence-electron chi connectivity index (χ2n) is 4.08. The molecule has 0 aliphatic carbocycles. The van der Waals surface area contributed by atoms with Gasteiger partial charge in [0.05, 0.1) is 24.7 Å². The maximum Gasteiger partial charge on any atom is 0.314 e. The van der Waals surface area contributed by atoms with E-state index in [1.807, 2.05) is 0 Å². The second kappa shape index (κ2) is 6.19. The van der Waals surface area contributed by atoms with Gasteiger partial charge in [-0.05, 0) is 6.07 Å². The Morgan fingerprint density at radius 2 is 1.95 bits per heavy atom. The van der Waals surface area contributed by atoms with Gasteiger partial charge in [-0.25, -0.2) is 4.39 Å². The normalized spacial score (nSPS) is 10.2. The zero-order chi connectivity index (χ0) is 15.4. The van der Waals surface area contributed by atoms with E-state index in [0.29, 0.717) is 5.56 Å². The fourth-order valence-corrected chi connectivity index (χ4v) is 1.76. The van der Waals surface area contributed by atoms with Gasteiger partial charge in [0.1, 0.15) is 5.75 Å². The molecular weight excluding hydrogens is 281 g/mol. The van der Waals surface area contributed by atoms with Crippen LogP contribution in [0.3, 0.4) is 0 Å². The van der Waals surface area contributed by atoms with Crippen LogP contribution in [0, 0.1) is 15.9 Å². The van der Waals surface area contributed by atoms with Crippen LogP contribution < -0.4 is 9.47 Å². The third kappa shape index (κ3) is 3.09. The molecule has 0 atom stereocenters. The lowest BCUT2D eigenvalue weighted by Crippen LogP contribution is -1.98. The number of benzene rings is 2. The number of para-hydroxylation sites is 1. The molecule has 0 unspecified atom stereocenters. The number of halogens is 1. The summed E-state index contributed by atoms with van der Waals surface area (Å²) in [4.78, 5) is 10.2. The number of aliphatic hydroxyl groups excluding tert-OH is 1. The summed E-state index contributed by atoms with van der Waals surface area (Å²) in [6.07, 6.45) is 0. The smallest absolute Gasteiger partial charge is 0.314 e. The van der Waals surface area contributed by atoms with Crippen LogP contribution in [0.5, 0.6) is 17.2 Å². The van der Waals surface area contributed by atoms with Crippen molar-refractivity contribution in [2.75, 3.05) is 7.11 Å². The average Bonchev–Trinajstić information content (AvgIpc) is 2.48. The fourth-order valence-electron chi connectivity index (χ4n) is 1.76. The average molecular weight is 293 g/mol. The number of nitro groups is 1. The van der Waals surface area contributed by atoms with E-state index in [1.165, 1.54) is 7.11 Å². The number of hydrogen-bond acceptors (Lipinski definition) is 5. The van der Waals surface area contributed by atoms with Crippen LogP contribution in [0.15, 0.2) is 36.4 Å². The van der Waals surface area contributed by atoms with Crippen molar-refractivity contribution in [2.24, 2.45) is 0 Å². The molecule has 0 fully saturated rings. The summed E-state index contributed by atoms with van der Waals surface area (Å²) in [6, 6.07) is 8.34. The Hall–Kier alpha value is -2.67. The summed E-state index contributed by atoms with van der Waals surface area (Å²) in [6.45, 7) is -0.289. The summed E-state index contributed by atoms with van der Waals surface area (Å²) in [5, 5.41) is 20.2. The molecule has 0 saturated heterocycles.